The highest BCUT2D eigenvalue weighted by atomic mass is 16.3. The predicted molar refractivity (Wildman–Crippen MR) is 270 cm³/mol. The summed E-state index contributed by atoms with van der Waals surface area (Å²) >= 11 is 0. The Bertz CT molecular complexity index is 3650. The van der Waals surface area contributed by atoms with Crippen LogP contribution in [0.15, 0.2) is 247 Å². The van der Waals surface area contributed by atoms with Crippen LogP contribution in [0.4, 0.5) is 11.4 Å². The van der Waals surface area contributed by atoms with Crippen LogP contribution in [0.25, 0.3) is 66.1 Å². The molecule has 0 N–H and O–H groups in total. The molecule has 3 nitrogen and oxygen atoms in total. The van der Waals surface area contributed by atoms with Crippen LogP contribution in [0.3, 0.4) is 0 Å². The summed E-state index contributed by atoms with van der Waals surface area (Å²) in [6, 6.07) is 81.9. The fraction of sp³-hybridized carbons (Fsp3) is 0.0645. The van der Waals surface area contributed by atoms with E-state index in [-0.39, 0.29) is 0 Å². The van der Waals surface area contributed by atoms with Gasteiger partial charge < -0.3 is 13.9 Å². The molecular formula is C62H44N2O. The van der Waals surface area contributed by atoms with Crippen molar-refractivity contribution in [2.45, 2.75) is 24.3 Å². The molecule has 2 aliphatic carbocycles. The summed E-state index contributed by atoms with van der Waals surface area (Å²) in [7, 11) is 0. The van der Waals surface area contributed by atoms with Gasteiger partial charge in [0.2, 0.25) is 0 Å². The number of anilines is 2. The third-order valence-corrected chi connectivity index (χ3v) is 14.2. The van der Waals surface area contributed by atoms with Crippen molar-refractivity contribution in [3.05, 3.63) is 264 Å². The molecule has 1 atom stereocenters. The Morgan fingerprint density at radius 2 is 1.08 bits per heavy atom. The van der Waals surface area contributed by atoms with Crippen molar-refractivity contribution in [1.29, 1.82) is 0 Å². The summed E-state index contributed by atoms with van der Waals surface area (Å²) < 4.78 is 8.95. The largest absolute Gasteiger partial charge is 0.456 e. The number of nitrogens with zero attached hydrogens (tertiary/aromatic N) is 2. The number of aromatic nitrogens is 1. The van der Waals surface area contributed by atoms with Crippen LogP contribution in [0, 0.1) is 0 Å². The Labute approximate surface area is 378 Å². The molecule has 0 aliphatic heterocycles. The van der Waals surface area contributed by atoms with E-state index in [9.17, 15) is 0 Å². The minimum absolute atomic E-state index is 0.477. The lowest BCUT2D eigenvalue weighted by atomic mass is 9.65. The first-order valence-corrected chi connectivity index (χ1v) is 22.6. The molecule has 0 bridgehead atoms. The Kier molecular flexibility index (Phi) is 8.32. The minimum Gasteiger partial charge on any atom is -0.456 e. The zero-order chi connectivity index (χ0) is 43.1. The van der Waals surface area contributed by atoms with Gasteiger partial charge in [-0.05, 0) is 119 Å². The second-order valence-electron chi connectivity index (χ2n) is 17.8. The van der Waals surface area contributed by atoms with Crippen molar-refractivity contribution < 1.29 is 4.42 Å². The first-order chi connectivity index (χ1) is 32.1. The molecule has 13 rings (SSSR count). The van der Waals surface area contributed by atoms with Crippen molar-refractivity contribution in [3.8, 4) is 16.8 Å². The van der Waals surface area contributed by atoms with Crippen molar-refractivity contribution in [3.63, 3.8) is 0 Å². The molecule has 0 amide bonds. The number of hydrogen-bond acceptors (Lipinski definition) is 2. The van der Waals surface area contributed by atoms with Gasteiger partial charge in [-0.3, -0.25) is 0 Å². The van der Waals surface area contributed by atoms with E-state index in [0.29, 0.717) is 0 Å². The standard InChI is InChI=1S/C62H44N2O/c1-61(38-37-50-49-23-11-14-26-55(49)62(56(50)41-61,44-17-5-2-6-18-44)45-19-7-3-8-20-45)64(48-34-35-53-52-25-13-16-28-59(52)65-60(53)40-48)47-32-29-42(30-33-47)43-31-36-58-54(39-43)51-24-12-15-27-57(51)63(58)46-21-9-4-10-22-46/h2-37,39-41H,38H2,1H3. The van der Waals surface area contributed by atoms with E-state index in [1.807, 2.05) is 6.07 Å². The van der Waals surface area contributed by atoms with E-state index >= 15 is 0 Å². The predicted octanol–water partition coefficient (Wildman–Crippen LogP) is 16.0. The number of rotatable bonds is 7. The molecule has 2 aromatic heterocycles. The third kappa shape index (κ3) is 5.62. The van der Waals surface area contributed by atoms with Gasteiger partial charge >= 0.3 is 0 Å². The van der Waals surface area contributed by atoms with Gasteiger partial charge in [0.15, 0.2) is 0 Å². The van der Waals surface area contributed by atoms with E-state index in [1.54, 1.807) is 0 Å². The average Bonchev–Trinajstić information content (AvgIpc) is 4.00. The maximum Gasteiger partial charge on any atom is 0.137 e. The minimum atomic E-state index is -0.507. The van der Waals surface area contributed by atoms with Crippen molar-refractivity contribution >= 4 is 60.7 Å². The lowest BCUT2D eigenvalue weighted by Crippen LogP contribution is -2.44. The smallest absolute Gasteiger partial charge is 0.137 e. The molecular weight excluding hydrogens is 789 g/mol. The normalized spacial score (nSPS) is 16.4. The van der Waals surface area contributed by atoms with E-state index in [0.717, 1.165) is 45.4 Å². The number of fused-ring (bicyclic) bond motifs is 9. The van der Waals surface area contributed by atoms with Crippen LogP contribution in [-0.2, 0) is 5.41 Å². The van der Waals surface area contributed by atoms with Crippen molar-refractivity contribution in [2.75, 3.05) is 4.90 Å². The summed E-state index contributed by atoms with van der Waals surface area (Å²) in [6.07, 6.45) is 5.90. The van der Waals surface area contributed by atoms with Gasteiger partial charge in [0, 0.05) is 44.7 Å². The van der Waals surface area contributed by atoms with Crippen LogP contribution in [-0.4, -0.2) is 10.1 Å². The fourth-order valence-corrected chi connectivity index (χ4v) is 11.3. The highest BCUT2D eigenvalue weighted by Crippen LogP contribution is 2.60. The maximum absolute atomic E-state index is 6.58. The summed E-state index contributed by atoms with van der Waals surface area (Å²) in [5.74, 6) is 0. The molecule has 3 heteroatoms. The lowest BCUT2D eigenvalue weighted by molar-refractivity contribution is 0.559. The molecule has 1 unspecified atom stereocenters. The van der Waals surface area contributed by atoms with Gasteiger partial charge in [-0.1, -0.05) is 170 Å². The molecule has 2 heterocycles. The number of furan rings is 1. The molecule has 9 aromatic carbocycles. The summed E-state index contributed by atoms with van der Waals surface area (Å²) in [5.41, 5.74) is 16.7. The fourth-order valence-electron chi connectivity index (χ4n) is 11.3. The van der Waals surface area contributed by atoms with Crippen LogP contribution in [0.1, 0.15) is 35.6 Å². The monoisotopic (exact) mass is 832 g/mol. The van der Waals surface area contributed by atoms with Gasteiger partial charge in [-0.2, -0.15) is 0 Å². The molecule has 0 fully saturated rings. The first-order valence-electron chi connectivity index (χ1n) is 22.6. The van der Waals surface area contributed by atoms with Gasteiger partial charge in [0.25, 0.3) is 0 Å². The van der Waals surface area contributed by atoms with Gasteiger partial charge in [0.05, 0.1) is 22.0 Å². The Morgan fingerprint density at radius 3 is 1.85 bits per heavy atom. The number of para-hydroxylation sites is 3. The molecule has 0 saturated carbocycles. The average molecular weight is 833 g/mol. The van der Waals surface area contributed by atoms with Gasteiger partial charge in [0.1, 0.15) is 11.2 Å². The Hall–Kier alpha value is -8.14. The third-order valence-electron chi connectivity index (χ3n) is 14.2. The number of hydrogen-bond donors (Lipinski definition) is 0. The van der Waals surface area contributed by atoms with Crippen molar-refractivity contribution in [1.82, 2.24) is 4.57 Å². The molecule has 0 radical (unpaired) electrons. The Balaban J connectivity index is 0.988. The second kappa shape index (κ2) is 14.5. The SMILES string of the molecule is CC1(N(c2ccc(-c3ccc4c(c3)c3ccccc3n4-c3ccccc3)cc2)c2ccc3c(c2)oc2ccccc23)C=C2C(=CC1)c1ccccc1C2(c1ccccc1)c1ccccc1. The molecule has 0 spiro atoms. The highest BCUT2D eigenvalue weighted by molar-refractivity contribution is 6.10. The van der Waals surface area contributed by atoms with E-state index in [4.69, 9.17) is 4.42 Å². The summed E-state index contributed by atoms with van der Waals surface area (Å²) in [4.78, 5) is 2.55. The van der Waals surface area contributed by atoms with Crippen LogP contribution >= 0.6 is 0 Å². The van der Waals surface area contributed by atoms with Gasteiger partial charge in [-0.15, -0.1) is 0 Å². The maximum atomic E-state index is 6.58. The van der Waals surface area contributed by atoms with Crippen molar-refractivity contribution in [2.24, 2.45) is 0 Å². The quantitative estimate of drug-likeness (QED) is 0.160. The molecule has 308 valence electrons. The zero-order valence-electron chi connectivity index (χ0n) is 36.0. The van der Waals surface area contributed by atoms with E-state index in [2.05, 4.69) is 247 Å². The van der Waals surface area contributed by atoms with Crippen LogP contribution in [0.5, 0.6) is 0 Å². The molecule has 0 saturated heterocycles. The molecule has 11 aromatic rings. The van der Waals surface area contributed by atoms with Crippen LogP contribution < -0.4 is 4.90 Å². The Morgan fingerprint density at radius 1 is 0.477 bits per heavy atom. The molecule has 65 heavy (non-hydrogen) atoms. The lowest BCUT2D eigenvalue weighted by Gasteiger charge is -2.45. The van der Waals surface area contributed by atoms with Gasteiger partial charge in [-0.25, -0.2) is 0 Å². The van der Waals surface area contributed by atoms with E-state index < -0.39 is 11.0 Å². The summed E-state index contributed by atoms with van der Waals surface area (Å²) in [6.45, 7) is 2.41. The van der Waals surface area contributed by atoms with E-state index in [1.165, 1.54) is 66.3 Å². The highest BCUT2D eigenvalue weighted by Gasteiger charge is 2.51. The first kappa shape index (κ1) is 37.4. The number of allylic oxidation sites excluding steroid dienone is 2. The number of benzene rings is 9. The van der Waals surface area contributed by atoms with Crippen LogP contribution in [0.2, 0.25) is 0 Å². The molecule has 2 aliphatic rings. The topological polar surface area (TPSA) is 21.3 Å². The summed E-state index contributed by atoms with van der Waals surface area (Å²) in [5, 5.41) is 4.75. The second-order valence-corrected chi connectivity index (χ2v) is 17.8. The zero-order valence-corrected chi connectivity index (χ0v) is 36.0.